The molecule has 2 atom stereocenters. The highest BCUT2D eigenvalue weighted by Gasteiger charge is 2.36. The average Bonchev–Trinajstić information content (AvgIpc) is 2.46. The van der Waals surface area contributed by atoms with Gasteiger partial charge in [-0.25, -0.2) is 0 Å². The fraction of sp³-hybridized carbons (Fsp3) is 0.462. The second-order valence-electron chi connectivity index (χ2n) is 5.10. The van der Waals surface area contributed by atoms with E-state index in [9.17, 15) is 19.5 Å². The van der Waals surface area contributed by atoms with Crippen LogP contribution in [0.5, 0.6) is 0 Å². The first-order chi connectivity index (χ1) is 9.93. The van der Waals surface area contributed by atoms with Crippen LogP contribution < -0.4 is 16.6 Å². The van der Waals surface area contributed by atoms with E-state index in [0.717, 1.165) is 0 Å². The van der Waals surface area contributed by atoms with Gasteiger partial charge in [-0.05, 0) is 18.6 Å². The van der Waals surface area contributed by atoms with Gasteiger partial charge in [0.05, 0.1) is 0 Å². The van der Waals surface area contributed by atoms with Crippen molar-refractivity contribution in [2.24, 2.45) is 11.8 Å². The lowest BCUT2D eigenvalue weighted by Crippen LogP contribution is -2.54. The van der Waals surface area contributed by atoms with Crippen molar-refractivity contribution in [3.8, 4) is 0 Å². The van der Waals surface area contributed by atoms with Crippen molar-refractivity contribution in [1.82, 2.24) is 15.6 Å². The Morgan fingerprint density at radius 2 is 2.19 bits per heavy atom. The van der Waals surface area contributed by atoms with E-state index in [0.29, 0.717) is 5.70 Å². The molecule has 8 nitrogen and oxygen atoms in total. The molecule has 0 radical (unpaired) electrons. The van der Waals surface area contributed by atoms with E-state index in [1.54, 1.807) is 6.08 Å². The fourth-order valence-corrected chi connectivity index (χ4v) is 2.47. The van der Waals surface area contributed by atoms with Gasteiger partial charge >= 0.3 is 0 Å². The summed E-state index contributed by atoms with van der Waals surface area (Å²) in [4.78, 5) is 36.7. The number of hydrogen-bond donors (Lipinski definition) is 4. The van der Waals surface area contributed by atoms with E-state index in [2.05, 4.69) is 10.7 Å². The smallest absolute Gasteiger partial charge is 0.249 e. The molecule has 114 valence electrons. The van der Waals surface area contributed by atoms with Crippen LogP contribution in [-0.4, -0.2) is 40.8 Å². The van der Waals surface area contributed by atoms with Crippen LogP contribution in [0.25, 0.3) is 0 Å². The minimum absolute atomic E-state index is 0.0712. The molecule has 1 fully saturated rings. The maximum Gasteiger partial charge on any atom is 0.249 e. The van der Waals surface area contributed by atoms with Crippen LogP contribution in [0.4, 0.5) is 0 Å². The molecule has 5 N–H and O–H groups in total. The van der Waals surface area contributed by atoms with Crippen LogP contribution in [-0.2, 0) is 14.4 Å². The van der Waals surface area contributed by atoms with Crippen LogP contribution >= 0.6 is 0 Å². The van der Waals surface area contributed by atoms with Gasteiger partial charge in [-0.15, -0.1) is 0 Å². The predicted octanol–water partition coefficient (Wildman–Crippen LogP) is -0.941. The van der Waals surface area contributed by atoms with Crippen molar-refractivity contribution in [2.45, 2.75) is 25.3 Å². The average molecular weight is 294 g/mol. The van der Waals surface area contributed by atoms with Crippen molar-refractivity contribution in [1.29, 1.82) is 0 Å². The number of hydrogen-bond acceptors (Lipinski definition) is 6. The van der Waals surface area contributed by atoms with Crippen LogP contribution in [0.15, 0.2) is 23.6 Å². The molecule has 2 unspecified atom stereocenters. The molecule has 0 aromatic heterocycles. The summed E-state index contributed by atoms with van der Waals surface area (Å²) in [6.07, 6.45) is 3.69. The van der Waals surface area contributed by atoms with Gasteiger partial charge in [0.25, 0.3) is 0 Å². The molecule has 2 rings (SSSR count). The van der Waals surface area contributed by atoms with Gasteiger partial charge in [-0.2, -0.15) is 0 Å². The number of aliphatic hydroxyl groups is 1. The summed E-state index contributed by atoms with van der Waals surface area (Å²) in [6.45, 7) is 0. The lowest BCUT2D eigenvalue weighted by Gasteiger charge is -2.33. The minimum Gasteiger partial charge on any atom is -0.511 e. The zero-order valence-electron chi connectivity index (χ0n) is 11.6. The number of nitrogens with two attached hydrogens (primary N) is 1. The number of nitrogens with zero attached hydrogens (tertiary/aromatic N) is 1. The summed E-state index contributed by atoms with van der Waals surface area (Å²) in [5, 5.41) is 12.1. The first-order valence-corrected chi connectivity index (χ1v) is 6.60. The normalized spacial score (nSPS) is 25.6. The maximum absolute atomic E-state index is 12.5. The van der Waals surface area contributed by atoms with E-state index in [1.807, 2.05) is 0 Å². The van der Waals surface area contributed by atoms with E-state index >= 15 is 0 Å². The highest BCUT2D eigenvalue weighted by molar-refractivity contribution is 6.01. The number of nitrogens with one attached hydrogen (secondary N) is 2. The molecular weight excluding hydrogens is 276 g/mol. The highest BCUT2D eigenvalue weighted by Crippen LogP contribution is 2.25. The first-order valence-electron chi connectivity index (χ1n) is 6.60. The minimum atomic E-state index is -0.781. The zero-order valence-corrected chi connectivity index (χ0v) is 11.6. The number of carbonyl (C=O) groups is 3. The number of rotatable bonds is 3. The lowest BCUT2D eigenvalue weighted by atomic mass is 9.93. The summed E-state index contributed by atoms with van der Waals surface area (Å²) in [5.74, 6) is 3.24. The molecule has 8 heteroatoms. The molecule has 3 amide bonds. The topological polar surface area (TPSA) is 125 Å². The lowest BCUT2D eigenvalue weighted by molar-refractivity contribution is -0.146. The largest absolute Gasteiger partial charge is 0.511 e. The summed E-state index contributed by atoms with van der Waals surface area (Å²) in [7, 11) is 1.49. The van der Waals surface area contributed by atoms with Crippen molar-refractivity contribution in [2.75, 3.05) is 7.05 Å². The molecule has 0 aromatic rings. The Labute approximate surface area is 121 Å². The second kappa shape index (κ2) is 5.96. The van der Waals surface area contributed by atoms with Crippen LogP contribution in [0.2, 0.25) is 0 Å². The quantitative estimate of drug-likeness (QED) is 0.302. The van der Waals surface area contributed by atoms with Crippen molar-refractivity contribution >= 4 is 17.7 Å². The molecule has 1 saturated heterocycles. The third-order valence-electron chi connectivity index (χ3n) is 3.75. The third-order valence-corrected chi connectivity index (χ3v) is 3.75. The summed E-state index contributed by atoms with van der Waals surface area (Å²) < 4.78 is 0. The number of aliphatic hydroxyl groups excluding tert-OH is 1. The van der Waals surface area contributed by atoms with Gasteiger partial charge in [-0.3, -0.25) is 25.5 Å². The number of amides is 3. The Hall–Kier alpha value is -2.35. The Kier molecular flexibility index (Phi) is 4.27. The Morgan fingerprint density at radius 1 is 1.48 bits per heavy atom. The molecule has 2 aliphatic rings. The van der Waals surface area contributed by atoms with Crippen LogP contribution in [0.1, 0.15) is 19.3 Å². The maximum atomic E-state index is 12.5. The van der Waals surface area contributed by atoms with E-state index in [-0.39, 0.29) is 36.8 Å². The van der Waals surface area contributed by atoms with Gasteiger partial charge in [0.2, 0.25) is 17.7 Å². The molecule has 0 spiro atoms. The van der Waals surface area contributed by atoms with Crippen LogP contribution in [0.3, 0.4) is 0 Å². The van der Waals surface area contributed by atoms with E-state index < -0.39 is 17.9 Å². The molecule has 21 heavy (non-hydrogen) atoms. The van der Waals surface area contributed by atoms with E-state index in [4.69, 9.17) is 5.84 Å². The molecule has 0 bridgehead atoms. The third kappa shape index (κ3) is 3.05. The number of carbonyl (C=O) groups excluding carboxylic acids is 3. The molecule has 1 heterocycles. The van der Waals surface area contributed by atoms with Gasteiger partial charge in [0.1, 0.15) is 17.7 Å². The number of piperidine rings is 1. The highest BCUT2D eigenvalue weighted by atomic mass is 16.3. The molecule has 1 aliphatic carbocycles. The number of imide groups is 1. The second-order valence-corrected chi connectivity index (χ2v) is 5.10. The van der Waals surface area contributed by atoms with Gasteiger partial charge in [0.15, 0.2) is 0 Å². The van der Waals surface area contributed by atoms with Gasteiger partial charge in [0, 0.05) is 25.6 Å². The fourth-order valence-electron chi connectivity index (χ4n) is 2.47. The molecule has 0 saturated carbocycles. The first kappa shape index (κ1) is 15.0. The molecule has 0 aromatic carbocycles. The number of likely N-dealkylation sites (N-methyl/N-ethyl adjacent to an activating group) is 1. The van der Waals surface area contributed by atoms with Crippen molar-refractivity contribution in [3.05, 3.63) is 23.6 Å². The molecule has 1 aliphatic heterocycles. The summed E-state index contributed by atoms with van der Waals surface area (Å²) >= 11 is 0. The van der Waals surface area contributed by atoms with E-state index in [1.165, 1.54) is 18.0 Å². The monoisotopic (exact) mass is 294 g/mol. The van der Waals surface area contributed by atoms with Crippen LogP contribution in [0, 0.1) is 5.92 Å². The van der Waals surface area contributed by atoms with Crippen molar-refractivity contribution < 1.29 is 19.5 Å². The predicted molar refractivity (Wildman–Crippen MR) is 73.2 cm³/mol. The molecular formula is C13H18N4O4. The zero-order chi connectivity index (χ0) is 15.6. The summed E-state index contributed by atoms with van der Waals surface area (Å²) in [5.41, 5.74) is 3.07. The van der Waals surface area contributed by atoms with Gasteiger partial charge in [-0.1, -0.05) is 0 Å². The number of allylic oxidation sites excluding steroid dienone is 3. The standard InChI is InChI=1S/C13H18N4O4/c1-17(9-3-5-11(19)15-12(9)20)13(21)8-6-7(16-14)2-4-10(8)18/h2,4,8-9,16,18H,3,5-6,14H2,1H3,(H,15,19,20). The summed E-state index contributed by atoms with van der Waals surface area (Å²) in [6, 6.07) is -0.705. The van der Waals surface area contributed by atoms with Gasteiger partial charge < -0.3 is 15.4 Å². The number of hydrazine groups is 1. The Morgan fingerprint density at radius 3 is 2.81 bits per heavy atom. The van der Waals surface area contributed by atoms with Crippen molar-refractivity contribution in [3.63, 3.8) is 0 Å². The Bertz CT molecular complexity index is 540. The SMILES string of the molecule is CN(C(=O)C1CC(NN)=CC=C1O)C1CCC(=O)NC1=O. The Balaban J connectivity index is 2.09.